The predicted octanol–water partition coefficient (Wildman–Crippen LogP) is 4.85. The van der Waals surface area contributed by atoms with Gasteiger partial charge in [-0.15, -0.1) is 11.3 Å². The molecular formula is C18H22INO2S. The molecule has 0 aliphatic carbocycles. The van der Waals surface area contributed by atoms with Gasteiger partial charge in [0.25, 0.3) is 0 Å². The quantitative estimate of drug-likeness (QED) is 0.347. The van der Waals surface area contributed by atoms with E-state index in [9.17, 15) is 0 Å². The van der Waals surface area contributed by atoms with Crippen molar-refractivity contribution < 1.29 is 9.47 Å². The Morgan fingerprint density at radius 3 is 2.65 bits per heavy atom. The van der Waals surface area contributed by atoms with Crippen LogP contribution in [0, 0.1) is 0 Å². The minimum atomic E-state index is -0.271. The maximum absolute atomic E-state index is 5.34. The molecule has 0 saturated carbocycles. The number of hydrogen-bond donors (Lipinski definition) is 0. The van der Waals surface area contributed by atoms with Crippen LogP contribution in [0.1, 0.15) is 28.7 Å². The largest absolute Gasteiger partial charge is 0.351 e. The number of benzene rings is 1. The van der Waals surface area contributed by atoms with Gasteiger partial charge in [0.15, 0.2) is 6.29 Å². The molecule has 0 saturated heterocycles. The highest BCUT2D eigenvalue weighted by molar-refractivity contribution is 14.1. The summed E-state index contributed by atoms with van der Waals surface area (Å²) in [6, 6.07) is 11.1. The highest BCUT2D eigenvalue weighted by Gasteiger charge is 2.19. The van der Waals surface area contributed by atoms with Gasteiger partial charge < -0.3 is 9.47 Å². The maximum Gasteiger partial charge on any atom is 0.192 e. The van der Waals surface area contributed by atoms with Gasteiger partial charge in [-0.2, -0.15) is 0 Å². The average molecular weight is 443 g/mol. The van der Waals surface area contributed by atoms with Crippen LogP contribution in [0.4, 0.5) is 0 Å². The van der Waals surface area contributed by atoms with E-state index in [-0.39, 0.29) is 6.29 Å². The zero-order valence-corrected chi connectivity index (χ0v) is 16.5. The fraction of sp³-hybridized carbons (Fsp3) is 0.444. The molecule has 3 nitrogen and oxygen atoms in total. The second-order valence-electron chi connectivity index (χ2n) is 5.74. The van der Waals surface area contributed by atoms with Crippen LogP contribution in [0.15, 0.2) is 30.3 Å². The molecule has 0 bridgehead atoms. The van der Waals surface area contributed by atoms with Crippen LogP contribution in [-0.2, 0) is 22.6 Å². The van der Waals surface area contributed by atoms with Gasteiger partial charge in [-0.3, -0.25) is 4.90 Å². The summed E-state index contributed by atoms with van der Waals surface area (Å²) in [5.41, 5.74) is 4.24. The normalized spacial score (nSPS) is 14.6. The molecule has 0 fully saturated rings. The molecule has 0 spiro atoms. The summed E-state index contributed by atoms with van der Waals surface area (Å²) in [4.78, 5) is 4.92. The number of nitrogens with zero attached hydrogens (tertiary/aromatic N) is 1. The molecule has 23 heavy (non-hydrogen) atoms. The zero-order chi connectivity index (χ0) is 16.2. The van der Waals surface area contributed by atoms with Crippen LogP contribution < -0.4 is 0 Å². The van der Waals surface area contributed by atoms with Gasteiger partial charge in [0.05, 0.1) is 4.88 Å². The van der Waals surface area contributed by atoms with Crippen LogP contribution in [0.3, 0.4) is 0 Å². The van der Waals surface area contributed by atoms with Gasteiger partial charge in [-0.25, -0.2) is 0 Å². The Labute approximate surface area is 155 Å². The molecule has 0 amide bonds. The van der Waals surface area contributed by atoms with Crippen molar-refractivity contribution in [1.29, 1.82) is 0 Å². The third-order valence-corrected chi connectivity index (χ3v) is 6.09. The molecule has 1 aromatic carbocycles. The molecule has 2 aromatic rings. The van der Waals surface area contributed by atoms with Crippen LogP contribution in [0.2, 0.25) is 0 Å². The van der Waals surface area contributed by atoms with E-state index in [1.54, 1.807) is 25.6 Å². The van der Waals surface area contributed by atoms with Crippen LogP contribution in [-0.4, -0.2) is 30.1 Å². The SMILES string of the molecule is COC(OC)c1ccc(-c2ccc3c(c2)CN(CCCI)C3)s1. The van der Waals surface area contributed by atoms with E-state index in [1.165, 1.54) is 39.0 Å². The third kappa shape index (κ3) is 3.96. The Balaban J connectivity index is 1.76. The standard InChI is InChI=1S/C18H22INO2S/c1-21-18(22-2)17-7-6-16(23-17)13-4-5-14-11-20(9-3-8-19)12-15(14)10-13/h4-7,10,18H,3,8-9,11-12H2,1-2H3. The first kappa shape index (κ1) is 17.4. The minimum absolute atomic E-state index is 0.271. The second-order valence-corrected chi connectivity index (χ2v) is 7.94. The number of thiophene rings is 1. The topological polar surface area (TPSA) is 21.7 Å². The molecular weight excluding hydrogens is 421 g/mol. The number of alkyl halides is 1. The fourth-order valence-electron chi connectivity index (χ4n) is 3.02. The molecule has 3 rings (SSSR count). The molecule has 1 aromatic heterocycles. The van der Waals surface area contributed by atoms with Crippen LogP contribution >= 0.6 is 33.9 Å². The van der Waals surface area contributed by atoms with Crippen molar-refractivity contribution in [3.63, 3.8) is 0 Å². The molecule has 1 aliphatic rings. The van der Waals surface area contributed by atoms with Gasteiger partial charge in [0.2, 0.25) is 0 Å². The van der Waals surface area contributed by atoms with Crippen molar-refractivity contribution in [2.45, 2.75) is 25.8 Å². The highest BCUT2D eigenvalue weighted by atomic mass is 127. The number of hydrogen-bond acceptors (Lipinski definition) is 4. The molecule has 2 heterocycles. The number of halogens is 1. The van der Waals surface area contributed by atoms with Gasteiger partial charge in [-0.05, 0) is 47.9 Å². The summed E-state index contributed by atoms with van der Waals surface area (Å²) in [7, 11) is 3.35. The summed E-state index contributed by atoms with van der Waals surface area (Å²) >= 11 is 4.19. The lowest BCUT2D eigenvalue weighted by atomic mass is 10.1. The first-order chi connectivity index (χ1) is 11.2. The summed E-state index contributed by atoms with van der Waals surface area (Å²) in [6.45, 7) is 3.37. The van der Waals surface area contributed by atoms with Crippen LogP contribution in [0.5, 0.6) is 0 Å². The summed E-state index contributed by atoms with van der Waals surface area (Å²) in [6.07, 6.45) is 0.998. The van der Waals surface area contributed by atoms with Gasteiger partial charge in [-0.1, -0.05) is 34.7 Å². The molecule has 1 aliphatic heterocycles. The molecule has 0 unspecified atom stereocenters. The third-order valence-electron chi connectivity index (χ3n) is 4.17. The monoisotopic (exact) mass is 443 g/mol. The van der Waals surface area contributed by atoms with Gasteiger partial charge >= 0.3 is 0 Å². The lowest BCUT2D eigenvalue weighted by molar-refractivity contribution is -0.103. The Bertz CT molecular complexity index is 654. The molecule has 0 atom stereocenters. The van der Waals surface area contributed by atoms with E-state index in [4.69, 9.17) is 9.47 Å². The molecule has 0 N–H and O–H groups in total. The Morgan fingerprint density at radius 2 is 1.91 bits per heavy atom. The Morgan fingerprint density at radius 1 is 1.13 bits per heavy atom. The van der Waals surface area contributed by atoms with Crippen molar-refractivity contribution in [3.8, 4) is 10.4 Å². The molecule has 0 radical (unpaired) electrons. The number of methoxy groups -OCH3 is 2. The van der Waals surface area contributed by atoms with Gasteiger partial charge in [0, 0.05) is 36.6 Å². The number of fused-ring (bicyclic) bond motifs is 1. The molecule has 124 valence electrons. The van der Waals surface area contributed by atoms with E-state index in [0.717, 1.165) is 18.0 Å². The van der Waals surface area contributed by atoms with Crippen molar-refractivity contribution in [2.75, 3.05) is 25.2 Å². The maximum atomic E-state index is 5.34. The van der Waals surface area contributed by atoms with E-state index < -0.39 is 0 Å². The fourth-order valence-corrected chi connectivity index (χ4v) is 4.42. The van der Waals surface area contributed by atoms with Crippen molar-refractivity contribution >= 4 is 33.9 Å². The number of ether oxygens (including phenoxy) is 2. The van der Waals surface area contributed by atoms with E-state index in [0.29, 0.717) is 0 Å². The smallest absolute Gasteiger partial charge is 0.192 e. The predicted molar refractivity (Wildman–Crippen MR) is 104 cm³/mol. The van der Waals surface area contributed by atoms with Crippen LogP contribution in [0.25, 0.3) is 10.4 Å². The first-order valence-electron chi connectivity index (χ1n) is 7.81. The second kappa shape index (κ2) is 8.07. The number of rotatable bonds is 7. The molecule has 5 heteroatoms. The first-order valence-corrected chi connectivity index (χ1v) is 10.1. The van der Waals surface area contributed by atoms with Gasteiger partial charge in [0.1, 0.15) is 0 Å². The van der Waals surface area contributed by atoms with Crippen molar-refractivity contribution in [3.05, 3.63) is 46.3 Å². The minimum Gasteiger partial charge on any atom is -0.351 e. The Kier molecular flexibility index (Phi) is 6.09. The summed E-state index contributed by atoms with van der Waals surface area (Å²) < 4.78 is 11.9. The van der Waals surface area contributed by atoms with E-state index >= 15 is 0 Å². The van der Waals surface area contributed by atoms with Crippen molar-refractivity contribution in [2.24, 2.45) is 0 Å². The highest BCUT2D eigenvalue weighted by Crippen LogP contribution is 2.35. The summed E-state index contributed by atoms with van der Waals surface area (Å²) in [5.74, 6) is 0. The van der Waals surface area contributed by atoms with E-state index in [2.05, 4.69) is 57.8 Å². The lowest BCUT2D eigenvalue weighted by Crippen LogP contribution is -2.17. The summed E-state index contributed by atoms with van der Waals surface area (Å²) in [5, 5.41) is 0. The lowest BCUT2D eigenvalue weighted by Gasteiger charge is -2.12. The average Bonchev–Trinajstić information content (AvgIpc) is 3.20. The van der Waals surface area contributed by atoms with Crippen molar-refractivity contribution in [1.82, 2.24) is 4.90 Å². The van der Waals surface area contributed by atoms with E-state index in [1.807, 2.05) is 0 Å². The zero-order valence-electron chi connectivity index (χ0n) is 13.5. The Hall–Kier alpha value is -0.470.